The first-order valence-electron chi connectivity index (χ1n) is 9.94. The van der Waals surface area contributed by atoms with E-state index in [0.717, 1.165) is 5.56 Å². The van der Waals surface area contributed by atoms with Gasteiger partial charge in [0.25, 0.3) is 0 Å². The summed E-state index contributed by atoms with van der Waals surface area (Å²) in [5.74, 6) is 1.24. The Labute approximate surface area is 171 Å². The number of ketones is 1. The summed E-state index contributed by atoms with van der Waals surface area (Å²) in [5.41, 5.74) is 7.40. The zero-order chi connectivity index (χ0) is 21.3. The molecular formula is C23H28N2O4. The number of carbonyl (C=O) groups excluding carboxylic acids is 1. The summed E-state index contributed by atoms with van der Waals surface area (Å²) >= 11 is 0. The molecular weight excluding hydrogens is 368 g/mol. The maximum Gasteiger partial charge on any atom is 0.205 e. The van der Waals surface area contributed by atoms with Crippen LogP contribution in [0.5, 0.6) is 11.5 Å². The monoisotopic (exact) mass is 396 g/mol. The first-order valence-corrected chi connectivity index (χ1v) is 9.94. The second kappa shape index (κ2) is 7.82. The zero-order valence-corrected chi connectivity index (χ0v) is 17.7. The van der Waals surface area contributed by atoms with Crippen molar-refractivity contribution in [1.82, 2.24) is 0 Å². The highest BCUT2D eigenvalue weighted by Gasteiger charge is 2.43. The smallest absolute Gasteiger partial charge is 0.205 e. The van der Waals surface area contributed by atoms with E-state index in [-0.39, 0.29) is 28.8 Å². The Morgan fingerprint density at radius 2 is 2.03 bits per heavy atom. The number of ether oxygens (including phenoxy) is 3. The van der Waals surface area contributed by atoms with E-state index in [9.17, 15) is 10.1 Å². The molecule has 2 N–H and O–H groups in total. The summed E-state index contributed by atoms with van der Waals surface area (Å²) in [7, 11) is 0. The molecule has 1 aliphatic heterocycles. The van der Waals surface area contributed by atoms with Gasteiger partial charge < -0.3 is 19.9 Å². The Hall–Kier alpha value is -2.94. The first kappa shape index (κ1) is 20.8. The molecule has 154 valence electrons. The van der Waals surface area contributed by atoms with Crippen molar-refractivity contribution in [3.63, 3.8) is 0 Å². The van der Waals surface area contributed by atoms with Crippen molar-refractivity contribution in [3.8, 4) is 17.6 Å². The fourth-order valence-corrected chi connectivity index (χ4v) is 3.94. The van der Waals surface area contributed by atoms with Gasteiger partial charge in [-0.3, -0.25) is 4.79 Å². The van der Waals surface area contributed by atoms with Crippen LogP contribution >= 0.6 is 0 Å². The topological polar surface area (TPSA) is 94.6 Å². The fraction of sp³-hybridized carbons (Fsp3) is 0.478. The van der Waals surface area contributed by atoms with Crippen LogP contribution in [0.15, 0.2) is 41.0 Å². The minimum atomic E-state index is -0.570. The number of benzene rings is 1. The molecule has 0 unspecified atom stereocenters. The number of carbonyl (C=O) groups is 1. The van der Waals surface area contributed by atoms with Crippen LogP contribution in [0.3, 0.4) is 0 Å². The molecule has 0 saturated heterocycles. The lowest BCUT2D eigenvalue weighted by molar-refractivity contribution is -0.119. The van der Waals surface area contributed by atoms with Gasteiger partial charge in [-0.25, -0.2) is 0 Å². The Morgan fingerprint density at radius 3 is 2.66 bits per heavy atom. The van der Waals surface area contributed by atoms with Crippen LogP contribution in [0.25, 0.3) is 0 Å². The highest BCUT2D eigenvalue weighted by molar-refractivity contribution is 6.00. The number of nitrogens with zero attached hydrogens (tertiary/aromatic N) is 1. The number of hydrogen-bond acceptors (Lipinski definition) is 6. The van der Waals surface area contributed by atoms with E-state index in [2.05, 4.69) is 6.07 Å². The van der Waals surface area contributed by atoms with Gasteiger partial charge in [0.05, 0.1) is 18.6 Å². The average molecular weight is 396 g/mol. The van der Waals surface area contributed by atoms with E-state index in [4.69, 9.17) is 19.9 Å². The maximum atomic E-state index is 13.1. The molecule has 0 saturated carbocycles. The molecule has 0 radical (unpaired) electrons. The fourth-order valence-electron chi connectivity index (χ4n) is 3.94. The molecule has 1 aromatic rings. The minimum Gasteiger partial charge on any atom is -0.490 e. The van der Waals surface area contributed by atoms with Gasteiger partial charge in [-0.05, 0) is 43.9 Å². The van der Waals surface area contributed by atoms with Crippen molar-refractivity contribution in [2.24, 2.45) is 11.1 Å². The van der Waals surface area contributed by atoms with Gasteiger partial charge >= 0.3 is 0 Å². The summed E-state index contributed by atoms with van der Waals surface area (Å²) in [6, 6.07) is 7.66. The van der Waals surface area contributed by atoms with Gasteiger partial charge in [0.2, 0.25) is 5.88 Å². The molecule has 6 heteroatoms. The third kappa shape index (κ3) is 4.09. The number of Topliss-reactive ketones (excluding diaryl/α,β-unsaturated/α-hetero) is 1. The molecule has 0 aromatic heterocycles. The molecule has 0 amide bonds. The van der Waals surface area contributed by atoms with Crippen LogP contribution in [-0.2, 0) is 9.53 Å². The molecule has 6 nitrogen and oxygen atoms in total. The SMILES string of the molecule is CCOc1cc([C@@H]2C(C#N)=C(N)OC3=C2C(=O)CC(C)(C)C3)ccc1OC(C)C. The summed E-state index contributed by atoms with van der Waals surface area (Å²) in [6.07, 6.45) is 0.985. The van der Waals surface area contributed by atoms with Gasteiger partial charge in [0.1, 0.15) is 17.4 Å². The summed E-state index contributed by atoms with van der Waals surface area (Å²) < 4.78 is 17.4. The standard InChI is InChI=1S/C23H28N2O4/c1-6-27-18-9-14(7-8-17(18)28-13(2)3)20-15(12-24)22(25)29-19-11-23(4,5)10-16(26)21(19)20/h7-9,13,20H,6,10-11,25H2,1-5H3/t20-/m1/s1. The third-order valence-corrected chi connectivity index (χ3v) is 5.04. The molecule has 2 aliphatic rings. The lowest BCUT2D eigenvalue weighted by atomic mass is 9.70. The molecule has 1 aromatic carbocycles. The van der Waals surface area contributed by atoms with Crippen molar-refractivity contribution >= 4 is 5.78 Å². The molecule has 1 heterocycles. The van der Waals surface area contributed by atoms with E-state index in [1.54, 1.807) is 0 Å². The van der Waals surface area contributed by atoms with Crippen molar-refractivity contribution in [2.45, 2.75) is 59.5 Å². The molecule has 1 aliphatic carbocycles. The van der Waals surface area contributed by atoms with E-state index in [1.807, 2.05) is 52.8 Å². The Kier molecular flexibility index (Phi) is 5.61. The molecule has 0 bridgehead atoms. The summed E-state index contributed by atoms with van der Waals surface area (Å²) in [4.78, 5) is 13.1. The normalized spacial score (nSPS) is 20.9. The average Bonchev–Trinajstić information content (AvgIpc) is 2.60. The van der Waals surface area contributed by atoms with Crippen LogP contribution in [0.4, 0.5) is 0 Å². The molecule has 3 rings (SSSR count). The van der Waals surface area contributed by atoms with Gasteiger partial charge in [-0.2, -0.15) is 5.26 Å². The van der Waals surface area contributed by atoms with Crippen molar-refractivity contribution in [3.05, 3.63) is 46.6 Å². The van der Waals surface area contributed by atoms with Crippen LogP contribution < -0.4 is 15.2 Å². The van der Waals surface area contributed by atoms with E-state index >= 15 is 0 Å². The summed E-state index contributed by atoms with van der Waals surface area (Å²) in [5, 5.41) is 9.76. The van der Waals surface area contributed by atoms with Gasteiger partial charge in [-0.15, -0.1) is 0 Å². The molecule has 29 heavy (non-hydrogen) atoms. The lowest BCUT2D eigenvalue weighted by Gasteiger charge is -2.37. The van der Waals surface area contributed by atoms with Gasteiger partial charge in [-0.1, -0.05) is 19.9 Å². The lowest BCUT2D eigenvalue weighted by Crippen LogP contribution is -2.33. The molecule has 0 spiro atoms. The third-order valence-electron chi connectivity index (χ3n) is 5.04. The first-order chi connectivity index (χ1) is 13.7. The van der Waals surface area contributed by atoms with Crippen LogP contribution in [0, 0.1) is 16.7 Å². The second-order valence-corrected chi connectivity index (χ2v) is 8.51. The number of nitriles is 1. The highest BCUT2D eigenvalue weighted by atomic mass is 16.5. The minimum absolute atomic E-state index is 0.00943. The number of allylic oxidation sites excluding steroid dienone is 3. The Balaban J connectivity index is 2.14. The number of hydrogen-bond donors (Lipinski definition) is 1. The highest BCUT2D eigenvalue weighted by Crippen LogP contribution is 2.48. The zero-order valence-electron chi connectivity index (χ0n) is 17.7. The maximum absolute atomic E-state index is 13.1. The molecule has 0 fully saturated rings. The van der Waals surface area contributed by atoms with Crippen LogP contribution in [0.1, 0.15) is 58.9 Å². The predicted octanol–water partition coefficient (Wildman–Crippen LogP) is 4.32. The second-order valence-electron chi connectivity index (χ2n) is 8.51. The van der Waals surface area contributed by atoms with Crippen molar-refractivity contribution in [2.75, 3.05) is 6.61 Å². The van der Waals surface area contributed by atoms with Gasteiger partial charge in [0.15, 0.2) is 17.3 Å². The van der Waals surface area contributed by atoms with Crippen molar-refractivity contribution in [1.29, 1.82) is 5.26 Å². The van der Waals surface area contributed by atoms with Gasteiger partial charge in [0, 0.05) is 18.4 Å². The van der Waals surface area contributed by atoms with E-state index in [0.29, 0.717) is 42.3 Å². The van der Waals surface area contributed by atoms with Crippen molar-refractivity contribution < 1.29 is 19.0 Å². The Morgan fingerprint density at radius 1 is 1.31 bits per heavy atom. The van der Waals surface area contributed by atoms with Crippen LogP contribution in [0.2, 0.25) is 0 Å². The Bertz CT molecular complexity index is 935. The molecule has 1 atom stereocenters. The van der Waals surface area contributed by atoms with E-state index < -0.39 is 5.92 Å². The number of nitrogens with two attached hydrogens (primary N) is 1. The largest absolute Gasteiger partial charge is 0.490 e. The van der Waals surface area contributed by atoms with E-state index in [1.165, 1.54) is 0 Å². The summed E-state index contributed by atoms with van der Waals surface area (Å²) in [6.45, 7) is 10.3. The predicted molar refractivity (Wildman–Crippen MR) is 109 cm³/mol. The van der Waals surface area contributed by atoms with Crippen LogP contribution in [-0.4, -0.2) is 18.5 Å². The number of rotatable bonds is 5. The quantitative estimate of drug-likeness (QED) is 0.796.